The maximum Gasteiger partial charge on any atom is 0.337 e. The fourth-order valence-electron chi connectivity index (χ4n) is 2.00. The average Bonchev–Trinajstić information content (AvgIpc) is 2.83. The molecule has 0 unspecified atom stereocenters. The number of thioether (sulfide) groups is 1. The second-order valence-corrected chi connectivity index (χ2v) is 6.38. The number of carbonyl (C=O) groups is 3. The van der Waals surface area contributed by atoms with Crippen molar-refractivity contribution in [3.63, 3.8) is 0 Å². The molecule has 1 fully saturated rings. The van der Waals surface area contributed by atoms with Crippen molar-refractivity contribution in [3.05, 3.63) is 40.3 Å². The summed E-state index contributed by atoms with van der Waals surface area (Å²) >= 11 is 5.99. The number of aliphatic hydroxyl groups is 1. The molecule has 1 aromatic rings. The fraction of sp³-hybridized carbons (Fsp3) is 0.200. The van der Waals surface area contributed by atoms with Crippen LogP contribution in [0, 0.1) is 0 Å². The molecule has 126 valence electrons. The van der Waals surface area contributed by atoms with E-state index in [2.05, 4.69) is 4.74 Å². The van der Waals surface area contributed by atoms with Crippen LogP contribution in [0.1, 0.15) is 15.9 Å². The molecule has 0 bridgehead atoms. The third kappa shape index (κ3) is 3.64. The number of aliphatic carboxylic acids is 1. The third-order valence-electron chi connectivity index (χ3n) is 3.22. The Morgan fingerprint density at radius 3 is 2.50 bits per heavy atom. The van der Waals surface area contributed by atoms with E-state index >= 15 is 0 Å². The van der Waals surface area contributed by atoms with Crippen LogP contribution in [0.3, 0.4) is 0 Å². The summed E-state index contributed by atoms with van der Waals surface area (Å²) in [5.74, 6) is -2.39. The highest BCUT2D eigenvalue weighted by atomic mass is 32.2. The van der Waals surface area contributed by atoms with Gasteiger partial charge in [0.1, 0.15) is 4.32 Å². The summed E-state index contributed by atoms with van der Waals surface area (Å²) < 4.78 is 4.67. The van der Waals surface area contributed by atoms with Crippen molar-refractivity contribution in [1.29, 1.82) is 0 Å². The lowest BCUT2D eigenvalue weighted by Crippen LogP contribution is -2.46. The SMILES string of the molecule is COC(=O)c1ccc(/C=C2\SC(=S)N([C@@H](CO)C(=O)O)C2=O)cc1. The van der Waals surface area contributed by atoms with Crippen molar-refractivity contribution in [2.24, 2.45) is 0 Å². The second kappa shape index (κ2) is 7.56. The number of rotatable bonds is 5. The molecular weight excluding hydrogens is 354 g/mol. The molecule has 24 heavy (non-hydrogen) atoms. The highest BCUT2D eigenvalue weighted by molar-refractivity contribution is 8.26. The molecule has 1 atom stereocenters. The number of carboxylic acid groups (broad SMARTS) is 1. The van der Waals surface area contributed by atoms with Gasteiger partial charge in [-0.05, 0) is 23.8 Å². The Labute approximate surface area is 146 Å². The number of amides is 1. The highest BCUT2D eigenvalue weighted by Crippen LogP contribution is 2.34. The van der Waals surface area contributed by atoms with Gasteiger partial charge in [0, 0.05) is 0 Å². The van der Waals surface area contributed by atoms with Crippen LogP contribution in [-0.2, 0) is 14.3 Å². The quantitative estimate of drug-likeness (QED) is 0.453. The van der Waals surface area contributed by atoms with E-state index in [0.717, 1.165) is 16.7 Å². The summed E-state index contributed by atoms with van der Waals surface area (Å²) in [5.41, 5.74) is 1.01. The summed E-state index contributed by atoms with van der Waals surface area (Å²) in [4.78, 5) is 36.0. The molecule has 1 aromatic carbocycles. The minimum absolute atomic E-state index is 0.0684. The van der Waals surface area contributed by atoms with E-state index in [0.29, 0.717) is 11.1 Å². The normalized spacial score (nSPS) is 17.2. The third-order valence-corrected chi connectivity index (χ3v) is 4.55. The van der Waals surface area contributed by atoms with E-state index in [9.17, 15) is 14.4 Å². The number of carbonyl (C=O) groups excluding carboxylic acids is 2. The number of thiocarbonyl (C=S) groups is 1. The van der Waals surface area contributed by atoms with Crippen molar-refractivity contribution in [3.8, 4) is 0 Å². The monoisotopic (exact) mass is 367 g/mol. The predicted octanol–water partition coefficient (Wildman–Crippen LogP) is 1.12. The maximum absolute atomic E-state index is 12.3. The molecule has 1 heterocycles. The Hall–Kier alpha value is -2.23. The van der Waals surface area contributed by atoms with Gasteiger partial charge in [0.15, 0.2) is 6.04 Å². The van der Waals surface area contributed by atoms with Crippen LogP contribution >= 0.6 is 24.0 Å². The van der Waals surface area contributed by atoms with Gasteiger partial charge in [0.2, 0.25) is 0 Å². The molecular formula is C15H13NO6S2. The van der Waals surface area contributed by atoms with Crippen molar-refractivity contribution in [1.82, 2.24) is 4.90 Å². The van der Waals surface area contributed by atoms with Crippen LogP contribution in [0.4, 0.5) is 0 Å². The number of hydrogen-bond donors (Lipinski definition) is 2. The number of hydrogen-bond acceptors (Lipinski definition) is 7. The van der Waals surface area contributed by atoms with E-state index in [1.54, 1.807) is 24.3 Å². The van der Waals surface area contributed by atoms with Gasteiger partial charge in [0.05, 0.1) is 24.2 Å². The standard InChI is InChI=1S/C15H13NO6S2/c1-22-14(21)9-4-2-8(3-5-9)6-11-12(18)16(15(23)24-11)10(7-17)13(19)20/h2-6,10,17H,7H2,1H3,(H,19,20)/b11-6-/t10-/m0/s1. The fourth-order valence-corrected chi connectivity index (χ4v) is 3.36. The second-order valence-electron chi connectivity index (χ2n) is 4.70. The zero-order valence-electron chi connectivity index (χ0n) is 12.5. The van der Waals surface area contributed by atoms with E-state index in [4.69, 9.17) is 22.4 Å². The van der Waals surface area contributed by atoms with Crippen LogP contribution in [0.25, 0.3) is 6.08 Å². The lowest BCUT2D eigenvalue weighted by molar-refractivity contribution is -0.146. The zero-order chi connectivity index (χ0) is 17.9. The number of aliphatic hydroxyl groups excluding tert-OH is 1. The van der Waals surface area contributed by atoms with Crippen molar-refractivity contribution in [2.45, 2.75) is 6.04 Å². The first-order valence-electron chi connectivity index (χ1n) is 6.68. The minimum Gasteiger partial charge on any atom is -0.480 e. The number of esters is 1. The largest absolute Gasteiger partial charge is 0.480 e. The van der Waals surface area contributed by atoms with Crippen molar-refractivity contribution in [2.75, 3.05) is 13.7 Å². The number of carboxylic acids is 1. The number of benzene rings is 1. The first-order valence-corrected chi connectivity index (χ1v) is 7.90. The Bertz CT molecular complexity index is 728. The molecule has 2 N–H and O–H groups in total. The molecule has 1 amide bonds. The van der Waals surface area contributed by atoms with Gasteiger partial charge in [-0.15, -0.1) is 0 Å². The topological polar surface area (TPSA) is 104 Å². The summed E-state index contributed by atoms with van der Waals surface area (Å²) in [5, 5.41) is 18.2. The summed E-state index contributed by atoms with van der Waals surface area (Å²) in [6.45, 7) is -0.733. The molecule has 1 aliphatic rings. The van der Waals surface area contributed by atoms with Crippen LogP contribution < -0.4 is 0 Å². The molecule has 0 saturated carbocycles. The van der Waals surface area contributed by atoms with Crippen molar-refractivity contribution < 1.29 is 29.3 Å². The summed E-state index contributed by atoms with van der Waals surface area (Å²) in [6.07, 6.45) is 1.54. The van der Waals surface area contributed by atoms with Gasteiger partial charge in [-0.3, -0.25) is 9.69 Å². The van der Waals surface area contributed by atoms with Crippen LogP contribution in [0.5, 0.6) is 0 Å². The highest BCUT2D eigenvalue weighted by Gasteiger charge is 2.40. The number of ether oxygens (including phenoxy) is 1. The van der Waals surface area contributed by atoms with Gasteiger partial charge in [-0.2, -0.15) is 0 Å². The van der Waals surface area contributed by atoms with E-state index < -0.39 is 30.5 Å². The molecule has 9 heteroatoms. The van der Waals surface area contributed by atoms with Gasteiger partial charge in [-0.25, -0.2) is 9.59 Å². The lowest BCUT2D eigenvalue weighted by Gasteiger charge is -2.20. The molecule has 0 radical (unpaired) electrons. The average molecular weight is 367 g/mol. The Morgan fingerprint density at radius 2 is 2.00 bits per heavy atom. The maximum atomic E-state index is 12.3. The first kappa shape index (κ1) is 18.1. The Morgan fingerprint density at radius 1 is 1.38 bits per heavy atom. The number of nitrogens with zero attached hydrogens (tertiary/aromatic N) is 1. The minimum atomic E-state index is -1.41. The van der Waals surface area contributed by atoms with Crippen LogP contribution in [0.2, 0.25) is 0 Å². The van der Waals surface area contributed by atoms with E-state index in [1.165, 1.54) is 13.2 Å². The molecule has 1 saturated heterocycles. The molecule has 1 aliphatic heterocycles. The van der Waals surface area contributed by atoms with Crippen LogP contribution in [0.15, 0.2) is 29.2 Å². The molecule has 2 rings (SSSR count). The smallest absolute Gasteiger partial charge is 0.337 e. The predicted molar refractivity (Wildman–Crippen MR) is 91.3 cm³/mol. The zero-order valence-corrected chi connectivity index (χ0v) is 14.1. The van der Waals surface area contributed by atoms with Gasteiger partial charge in [0.25, 0.3) is 5.91 Å². The van der Waals surface area contributed by atoms with Crippen molar-refractivity contribution >= 4 is 52.2 Å². The van der Waals surface area contributed by atoms with Gasteiger partial charge < -0.3 is 14.9 Å². The van der Waals surface area contributed by atoms with Gasteiger partial charge >= 0.3 is 11.9 Å². The molecule has 0 aromatic heterocycles. The Balaban J connectivity index is 2.25. The first-order chi connectivity index (χ1) is 11.4. The van der Waals surface area contributed by atoms with Crippen LogP contribution in [-0.4, -0.2) is 57.0 Å². The summed E-state index contributed by atoms with van der Waals surface area (Å²) in [6, 6.07) is 4.93. The van der Waals surface area contributed by atoms with E-state index in [1.807, 2.05) is 0 Å². The Kier molecular flexibility index (Phi) is 5.71. The lowest BCUT2D eigenvalue weighted by atomic mass is 10.1. The molecule has 7 nitrogen and oxygen atoms in total. The van der Waals surface area contributed by atoms with E-state index in [-0.39, 0.29) is 9.23 Å². The number of methoxy groups -OCH3 is 1. The molecule has 0 aliphatic carbocycles. The molecule has 0 spiro atoms. The summed E-state index contributed by atoms with van der Waals surface area (Å²) in [7, 11) is 1.28. The van der Waals surface area contributed by atoms with Gasteiger partial charge in [-0.1, -0.05) is 36.1 Å².